The molecule has 13 heavy (non-hydrogen) atoms. The molecule has 2 nitrogen and oxygen atoms in total. The molecule has 0 radical (unpaired) electrons. The molecular weight excluding hydrogens is 162 g/mol. The first-order valence-electron chi connectivity index (χ1n) is 4.48. The molecule has 0 unspecified atom stereocenters. The Bertz CT molecular complexity index is 292. The number of ketones is 1. The molecule has 0 amide bonds. The Kier molecular flexibility index (Phi) is 4.82. The van der Waals surface area contributed by atoms with Crippen molar-refractivity contribution in [1.82, 2.24) is 0 Å². The molecule has 0 saturated heterocycles. The quantitative estimate of drug-likeness (QED) is 0.532. The van der Waals surface area contributed by atoms with Gasteiger partial charge in [0.15, 0.2) is 5.78 Å². The average molecular weight is 179 g/mol. The fourth-order valence-electron chi connectivity index (χ4n) is 0.975. The SMILES string of the molecule is CC.CC(=O)c1cc(C)ccc1N. The number of carbonyl (C=O) groups excluding carboxylic acids is 1. The third kappa shape index (κ3) is 3.28. The summed E-state index contributed by atoms with van der Waals surface area (Å²) in [6, 6.07) is 5.45. The number of aryl methyl sites for hydroxylation is 1. The lowest BCUT2D eigenvalue weighted by atomic mass is 10.1. The summed E-state index contributed by atoms with van der Waals surface area (Å²) < 4.78 is 0. The maximum Gasteiger partial charge on any atom is 0.161 e. The van der Waals surface area contributed by atoms with Crippen molar-refractivity contribution in [2.45, 2.75) is 27.7 Å². The molecule has 0 atom stereocenters. The highest BCUT2D eigenvalue weighted by atomic mass is 16.1. The molecule has 0 heterocycles. The summed E-state index contributed by atoms with van der Waals surface area (Å²) in [4.78, 5) is 10.9. The number of benzene rings is 1. The van der Waals surface area contributed by atoms with Gasteiger partial charge in [-0.1, -0.05) is 25.5 Å². The van der Waals surface area contributed by atoms with Crippen molar-refractivity contribution in [3.63, 3.8) is 0 Å². The van der Waals surface area contributed by atoms with Gasteiger partial charge in [0.25, 0.3) is 0 Å². The van der Waals surface area contributed by atoms with Gasteiger partial charge in [-0.15, -0.1) is 0 Å². The van der Waals surface area contributed by atoms with Crippen LogP contribution in [-0.4, -0.2) is 5.78 Å². The van der Waals surface area contributed by atoms with Crippen LogP contribution in [-0.2, 0) is 0 Å². The smallest absolute Gasteiger partial charge is 0.161 e. The van der Waals surface area contributed by atoms with Crippen molar-refractivity contribution >= 4 is 11.5 Å². The summed E-state index contributed by atoms with van der Waals surface area (Å²) in [5.74, 6) is 0.0196. The van der Waals surface area contributed by atoms with Crippen LogP contribution in [0.2, 0.25) is 0 Å². The average Bonchev–Trinajstić information content (AvgIpc) is 2.12. The van der Waals surface area contributed by atoms with Crippen LogP contribution in [0.1, 0.15) is 36.7 Å². The molecule has 0 fully saturated rings. The highest BCUT2D eigenvalue weighted by Crippen LogP contribution is 2.13. The molecule has 1 aromatic rings. The van der Waals surface area contributed by atoms with Crippen molar-refractivity contribution in [1.29, 1.82) is 0 Å². The topological polar surface area (TPSA) is 43.1 Å². The van der Waals surface area contributed by atoms with Crippen LogP contribution in [0.4, 0.5) is 5.69 Å². The maximum atomic E-state index is 10.9. The van der Waals surface area contributed by atoms with Crippen LogP contribution < -0.4 is 5.73 Å². The van der Waals surface area contributed by atoms with E-state index in [0.717, 1.165) is 5.56 Å². The molecule has 0 saturated carbocycles. The molecule has 1 aromatic carbocycles. The van der Waals surface area contributed by atoms with Gasteiger partial charge in [0, 0.05) is 11.3 Å². The van der Waals surface area contributed by atoms with E-state index in [1.165, 1.54) is 6.92 Å². The third-order valence-corrected chi connectivity index (χ3v) is 1.59. The third-order valence-electron chi connectivity index (χ3n) is 1.59. The summed E-state index contributed by atoms with van der Waals surface area (Å²) in [5, 5.41) is 0. The summed E-state index contributed by atoms with van der Waals surface area (Å²) in [5.41, 5.74) is 7.80. The first kappa shape index (κ1) is 11.7. The highest BCUT2D eigenvalue weighted by Gasteiger charge is 2.02. The van der Waals surface area contributed by atoms with Crippen LogP contribution in [0.25, 0.3) is 0 Å². The van der Waals surface area contributed by atoms with Crippen LogP contribution >= 0.6 is 0 Å². The van der Waals surface area contributed by atoms with E-state index in [1.807, 2.05) is 26.8 Å². The van der Waals surface area contributed by atoms with Crippen LogP contribution in [0.15, 0.2) is 18.2 Å². The maximum absolute atomic E-state index is 10.9. The van der Waals surface area contributed by atoms with Crippen LogP contribution in [0, 0.1) is 6.92 Å². The van der Waals surface area contributed by atoms with E-state index < -0.39 is 0 Å². The molecule has 2 N–H and O–H groups in total. The Morgan fingerprint density at radius 3 is 2.23 bits per heavy atom. The summed E-state index contributed by atoms with van der Waals surface area (Å²) in [7, 11) is 0. The van der Waals surface area contributed by atoms with E-state index >= 15 is 0 Å². The van der Waals surface area contributed by atoms with Gasteiger partial charge in [0.05, 0.1) is 0 Å². The van der Waals surface area contributed by atoms with Crippen molar-refractivity contribution in [3.05, 3.63) is 29.3 Å². The van der Waals surface area contributed by atoms with E-state index in [0.29, 0.717) is 11.3 Å². The van der Waals surface area contributed by atoms with Gasteiger partial charge in [0.2, 0.25) is 0 Å². The predicted molar refractivity (Wildman–Crippen MR) is 56.9 cm³/mol. The van der Waals surface area contributed by atoms with Crippen LogP contribution in [0.5, 0.6) is 0 Å². The molecule has 72 valence electrons. The minimum Gasteiger partial charge on any atom is -0.398 e. The molecule has 2 heteroatoms. The Morgan fingerprint density at radius 2 is 1.85 bits per heavy atom. The largest absolute Gasteiger partial charge is 0.398 e. The standard InChI is InChI=1S/C9H11NO.C2H6/c1-6-3-4-9(10)8(5-6)7(2)11;1-2/h3-5H,10H2,1-2H3;1-2H3. The number of carbonyl (C=O) groups is 1. The van der Waals surface area contributed by atoms with Gasteiger partial charge < -0.3 is 5.73 Å². The predicted octanol–water partition coefficient (Wildman–Crippen LogP) is 2.81. The molecular formula is C11H17NO. The zero-order valence-electron chi connectivity index (χ0n) is 8.72. The second-order valence-electron chi connectivity index (χ2n) is 2.65. The molecule has 0 aliphatic rings. The number of nitrogen functional groups attached to an aromatic ring is 1. The lowest BCUT2D eigenvalue weighted by Gasteiger charge is -2.01. The number of rotatable bonds is 1. The first-order chi connectivity index (χ1) is 6.11. The van der Waals surface area contributed by atoms with Gasteiger partial charge in [-0.2, -0.15) is 0 Å². The zero-order valence-corrected chi connectivity index (χ0v) is 8.72. The highest BCUT2D eigenvalue weighted by molar-refractivity contribution is 5.99. The number of hydrogen-bond acceptors (Lipinski definition) is 2. The van der Waals surface area contributed by atoms with E-state index in [2.05, 4.69) is 0 Å². The lowest BCUT2D eigenvalue weighted by molar-refractivity contribution is 0.101. The lowest BCUT2D eigenvalue weighted by Crippen LogP contribution is -1.99. The van der Waals surface area contributed by atoms with Crippen LogP contribution in [0.3, 0.4) is 0 Å². The minimum atomic E-state index is 0.0196. The molecule has 0 bridgehead atoms. The number of Topliss-reactive ketones (excluding diaryl/α,β-unsaturated/α-hetero) is 1. The molecule has 0 spiro atoms. The van der Waals surface area contributed by atoms with Crippen molar-refractivity contribution in [2.24, 2.45) is 0 Å². The van der Waals surface area contributed by atoms with Crippen molar-refractivity contribution in [2.75, 3.05) is 5.73 Å². The van der Waals surface area contributed by atoms with Gasteiger partial charge in [-0.3, -0.25) is 4.79 Å². The zero-order chi connectivity index (χ0) is 10.4. The summed E-state index contributed by atoms with van der Waals surface area (Å²) in [6.45, 7) is 7.46. The van der Waals surface area contributed by atoms with E-state index in [1.54, 1.807) is 12.1 Å². The normalized spacial score (nSPS) is 8.62. The Balaban J connectivity index is 0.000000671. The summed E-state index contributed by atoms with van der Waals surface area (Å²) in [6.07, 6.45) is 0. The van der Waals surface area contributed by atoms with Crippen molar-refractivity contribution < 1.29 is 4.79 Å². The second kappa shape index (κ2) is 5.36. The van der Waals surface area contributed by atoms with Gasteiger partial charge in [-0.25, -0.2) is 0 Å². The number of hydrogen-bond donors (Lipinski definition) is 1. The Labute approximate surface area is 79.8 Å². The molecule has 0 aliphatic heterocycles. The van der Waals surface area contributed by atoms with Gasteiger partial charge in [0.1, 0.15) is 0 Å². The molecule has 1 rings (SSSR count). The molecule has 0 aliphatic carbocycles. The fraction of sp³-hybridized carbons (Fsp3) is 0.364. The fourth-order valence-corrected chi connectivity index (χ4v) is 0.975. The second-order valence-corrected chi connectivity index (χ2v) is 2.65. The minimum absolute atomic E-state index is 0.0196. The van der Waals surface area contributed by atoms with E-state index in [9.17, 15) is 4.79 Å². The van der Waals surface area contributed by atoms with E-state index in [-0.39, 0.29) is 5.78 Å². The van der Waals surface area contributed by atoms with Crippen molar-refractivity contribution in [3.8, 4) is 0 Å². The number of nitrogens with two attached hydrogens (primary N) is 1. The Hall–Kier alpha value is -1.31. The van der Waals surface area contributed by atoms with Gasteiger partial charge >= 0.3 is 0 Å². The number of anilines is 1. The summed E-state index contributed by atoms with van der Waals surface area (Å²) >= 11 is 0. The van der Waals surface area contributed by atoms with E-state index in [4.69, 9.17) is 5.73 Å². The first-order valence-corrected chi connectivity index (χ1v) is 4.48. The molecule has 0 aromatic heterocycles. The Morgan fingerprint density at radius 1 is 1.31 bits per heavy atom. The monoisotopic (exact) mass is 179 g/mol. The van der Waals surface area contributed by atoms with Gasteiger partial charge in [-0.05, 0) is 26.0 Å².